The number of piperidine rings is 1. The van der Waals surface area contributed by atoms with Crippen LogP contribution in [0, 0.1) is 5.92 Å². The van der Waals surface area contributed by atoms with E-state index >= 15 is 0 Å². The highest BCUT2D eigenvalue weighted by atomic mass is 16.2. The lowest BCUT2D eigenvalue weighted by Crippen LogP contribution is -2.51. The van der Waals surface area contributed by atoms with Gasteiger partial charge in [0, 0.05) is 25.2 Å². The van der Waals surface area contributed by atoms with Gasteiger partial charge in [0.15, 0.2) is 0 Å². The van der Waals surface area contributed by atoms with Crippen molar-refractivity contribution in [2.45, 2.75) is 57.5 Å². The summed E-state index contributed by atoms with van der Waals surface area (Å²) in [6.07, 6.45) is 6.50. The van der Waals surface area contributed by atoms with Crippen LogP contribution < -0.4 is 16.4 Å². The molecule has 1 aliphatic heterocycles. The van der Waals surface area contributed by atoms with E-state index in [0.717, 1.165) is 45.2 Å². The Bertz CT molecular complexity index is 369. The van der Waals surface area contributed by atoms with Crippen molar-refractivity contribution in [2.75, 3.05) is 19.6 Å². The van der Waals surface area contributed by atoms with Crippen LogP contribution in [0.25, 0.3) is 0 Å². The smallest absolute Gasteiger partial charge is 0.321 e. The summed E-state index contributed by atoms with van der Waals surface area (Å²) < 4.78 is 0. The molecule has 0 radical (unpaired) electrons. The Hall–Kier alpha value is -1.14. The van der Waals surface area contributed by atoms with Gasteiger partial charge in [0.1, 0.15) is 0 Å². The fourth-order valence-corrected chi connectivity index (χ4v) is 3.23. The number of nitrogens with two attached hydrogens (primary N) is 1. The average Bonchev–Trinajstić information content (AvgIpc) is 2.43. The zero-order valence-corrected chi connectivity index (χ0v) is 12.9. The number of carbonyl (C=O) groups excluding carboxylic acids is 2. The Morgan fingerprint density at radius 1 is 1.19 bits per heavy atom. The Balaban J connectivity index is 1.67. The Morgan fingerprint density at radius 2 is 1.90 bits per heavy atom. The lowest BCUT2D eigenvalue weighted by Gasteiger charge is -2.34. The Kier molecular flexibility index (Phi) is 5.99. The second kappa shape index (κ2) is 7.75. The number of nitrogens with zero attached hydrogens (tertiary/aromatic N) is 1. The molecule has 1 aliphatic carbocycles. The summed E-state index contributed by atoms with van der Waals surface area (Å²) in [5, 5.41) is 5.33. The molecule has 2 unspecified atom stereocenters. The molecule has 3 amide bonds. The minimum atomic E-state index is -0.353. The summed E-state index contributed by atoms with van der Waals surface area (Å²) in [6, 6.07) is 0.0899. The summed E-state index contributed by atoms with van der Waals surface area (Å²) in [7, 11) is 0. The maximum Gasteiger partial charge on any atom is 0.321 e. The van der Waals surface area contributed by atoms with Crippen molar-refractivity contribution in [1.29, 1.82) is 0 Å². The third-order valence-electron chi connectivity index (χ3n) is 4.62. The second-order valence-electron chi connectivity index (χ2n) is 6.52. The topological polar surface area (TPSA) is 87.5 Å². The van der Waals surface area contributed by atoms with Crippen molar-refractivity contribution in [3.05, 3.63) is 0 Å². The van der Waals surface area contributed by atoms with Gasteiger partial charge in [-0.25, -0.2) is 4.79 Å². The molecular weight excluding hydrogens is 268 g/mol. The first-order valence-corrected chi connectivity index (χ1v) is 8.13. The second-order valence-corrected chi connectivity index (χ2v) is 6.52. The number of hydrogen-bond acceptors (Lipinski definition) is 4. The molecule has 2 atom stereocenters. The number of likely N-dealkylation sites (tertiary alicyclic amines) is 1. The molecule has 2 rings (SSSR count). The van der Waals surface area contributed by atoms with E-state index in [1.807, 2.05) is 0 Å². The zero-order chi connectivity index (χ0) is 15.2. The van der Waals surface area contributed by atoms with Crippen LogP contribution in [0.15, 0.2) is 0 Å². The summed E-state index contributed by atoms with van der Waals surface area (Å²) >= 11 is 0. The number of rotatable bonds is 3. The number of hydrogen-bond donors (Lipinski definition) is 3. The van der Waals surface area contributed by atoms with Gasteiger partial charge in [-0.05, 0) is 25.2 Å². The molecule has 0 spiro atoms. The van der Waals surface area contributed by atoms with Crippen LogP contribution in [0.4, 0.5) is 4.79 Å². The highest BCUT2D eigenvalue weighted by molar-refractivity contribution is 5.95. The molecule has 2 aliphatic rings. The highest BCUT2D eigenvalue weighted by Gasteiger charge is 2.25. The minimum absolute atomic E-state index is 0.221. The number of nitrogens with one attached hydrogen (secondary N) is 2. The molecule has 1 heterocycles. The summed E-state index contributed by atoms with van der Waals surface area (Å²) in [4.78, 5) is 25.8. The largest absolute Gasteiger partial charge is 0.335 e. The summed E-state index contributed by atoms with van der Waals surface area (Å²) in [5.74, 6) is 0.161. The van der Waals surface area contributed by atoms with Crippen LogP contribution in [0.2, 0.25) is 0 Å². The van der Waals surface area contributed by atoms with Crippen LogP contribution in [0.1, 0.15) is 45.4 Å². The first-order valence-electron chi connectivity index (χ1n) is 8.13. The van der Waals surface area contributed by atoms with Crippen molar-refractivity contribution < 1.29 is 9.59 Å². The van der Waals surface area contributed by atoms with Gasteiger partial charge < -0.3 is 11.1 Å². The van der Waals surface area contributed by atoms with E-state index in [1.165, 1.54) is 6.42 Å². The molecule has 0 aromatic rings. The van der Waals surface area contributed by atoms with Crippen LogP contribution in [0.5, 0.6) is 0 Å². The fraction of sp³-hybridized carbons (Fsp3) is 0.867. The molecule has 1 saturated carbocycles. The standard InChI is InChI=1S/C15H28N4O2/c1-11-9-19(8-7-13(11)16)10-14(20)18-15(21)17-12-5-3-2-4-6-12/h11-13H,2-10,16H2,1H3,(H2,17,18,20,21). The predicted octanol–water partition coefficient (Wildman–Crippen LogP) is 0.814. The molecule has 6 nitrogen and oxygen atoms in total. The van der Waals surface area contributed by atoms with Crippen molar-refractivity contribution in [3.63, 3.8) is 0 Å². The molecule has 0 aromatic carbocycles. The van der Waals surface area contributed by atoms with Crippen molar-refractivity contribution >= 4 is 11.9 Å². The molecular formula is C15H28N4O2. The Morgan fingerprint density at radius 3 is 2.57 bits per heavy atom. The normalized spacial score (nSPS) is 28.1. The maximum atomic E-state index is 11.9. The van der Waals surface area contributed by atoms with E-state index in [-0.39, 0.29) is 30.6 Å². The number of urea groups is 1. The van der Waals surface area contributed by atoms with Gasteiger partial charge in [-0.15, -0.1) is 0 Å². The minimum Gasteiger partial charge on any atom is -0.335 e. The summed E-state index contributed by atoms with van der Waals surface area (Å²) in [6.45, 7) is 4.02. The lowest BCUT2D eigenvalue weighted by molar-refractivity contribution is -0.121. The molecule has 1 saturated heterocycles. The molecule has 120 valence electrons. The SMILES string of the molecule is CC1CN(CC(=O)NC(=O)NC2CCCCC2)CCC1N. The zero-order valence-electron chi connectivity index (χ0n) is 12.9. The van der Waals surface area contributed by atoms with E-state index in [1.54, 1.807) is 0 Å². The first-order chi connectivity index (χ1) is 10.0. The quantitative estimate of drug-likeness (QED) is 0.719. The van der Waals surface area contributed by atoms with Gasteiger partial charge in [-0.2, -0.15) is 0 Å². The third-order valence-corrected chi connectivity index (χ3v) is 4.62. The molecule has 6 heteroatoms. The van der Waals surface area contributed by atoms with Crippen LogP contribution in [0.3, 0.4) is 0 Å². The molecule has 0 aromatic heterocycles. The van der Waals surface area contributed by atoms with Crippen LogP contribution >= 0.6 is 0 Å². The summed E-state index contributed by atoms with van der Waals surface area (Å²) in [5.41, 5.74) is 5.96. The van der Waals surface area contributed by atoms with Gasteiger partial charge in [0.2, 0.25) is 5.91 Å². The number of carbonyl (C=O) groups is 2. The van der Waals surface area contributed by atoms with E-state index in [9.17, 15) is 9.59 Å². The fourth-order valence-electron chi connectivity index (χ4n) is 3.23. The van der Waals surface area contributed by atoms with Gasteiger partial charge in [-0.1, -0.05) is 26.2 Å². The van der Waals surface area contributed by atoms with Crippen molar-refractivity contribution in [1.82, 2.24) is 15.5 Å². The number of amides is 3. The molecule has 21 heavy (non-hydrogen) atoms. The van der Waals surface area contributed by atoms with Gasteiger partial charge >= 0.3 is 6.03 Å². The highest BCUT2D eigenvalue weighted by Crippen LogP contribution is 2.17. The Labute approximate surface area is 126 Å². The van der Waals surface area contributed by atoms with Crippen molar-refractivity contribution in [2.24, 2.45) is 11.7 Å². The number of imide groups is 1. The van der Waals surface area contributed by atoms with E-state index in [4.69, 9.17) is 5.73 Å². The van der Waals surface area contributed by atoms with Crippen LogP contribution in [-0.4, -0.2) is 48.6 Å². The molecule has 2 fully saturated rings. The van der Waals surface area contributed by atoms with Gasteiger partial charge in [0.25, 0.3) is 0 Å². The van der Waals surface area contributed by atoms with E-state index in [0.29, 0.717) is 5.92 Å². The van der Waals surface area contributed by atoms with Crippen molar-refractivity contribution in [3.8, 4) is 0 Å². The maximum absolute atomic E-state index is 11.9. The predicted molar refractivity (Wildman–Crippen MR) is 81.7 cm³/mol. The lowest BCUT2D eigenvalue weighted by atomic mass is 9.95. The monoisotopic (exact) mass is 296 g/mol. The molecule has 4 N–H and O–H groups in total. The third kappa shape index (κ3) is 5.28. The van der Waals surface area contributed by atoms with Gasteiger partial charge in [-0.3, -0.25) is 15.0 Å². The van der Waals surface area contributed by atoms with Gasteiger partial charge in [0.05, 0.1) is 6.54 Å². The first kappa shape index (κ1) is 16.2. The van der Waals surface area contributed by atoms with E-state index in [2.05, 4.69) is 22.5 Å². The molecule has 0 bridgehead atoms. The average molecular weight is 296 g/mol. The van der Waals surface area contributed by atoms with Crippen LogP contribution in [-0.2, 0) is 4.79 Å². The van der Waals surface area contributed by atoms with E-state index < -0.39 is 0 Å².